The molecule has 0 aliphatic heterocycles. The van der Waals surface area contributed by atoms with Crippen molar-refractivity contribution >= 4 is 5.97 Å². The summed E-state index contributed by atoms with van der Waals surface area (Å²) >= 11 is 0. The third-order valence-electron chi connectivity index (χ3n) is 2.77. The Bertz CT molecular complexity index is 690. The number of nitrogens with one attached hydrogen (secondary N) is 1. The lowest BCUT2D eigenvalue weighted by molar-refractivity contribution is 0.0467. The second-order valence-corrected chi connectivity index (χ2v) is 4.15. The lowest BCUT2D eigenvalue weighted by Crippen LogP contribution is -2.07. The first-order chi connectivity index (χ1) is 9.83. The number of carbonyl (C=O) groups excluding carboxylic acids is 1. The highest BCUT2D eigenvalue weighted by Crippen LogP contribution is 2.09. The van der Waals surface area contributed by atoms with E-state index in [4.69, 9.17) is 4.74 Å². The molecule has 0 amide bonds. The van der Waals surface area contributed by atoms with Crippen molar-refractivity contribution in [1.82, 2.24) is 19.7 Å². The molecule has 3 aromatic heterocycles. The summed E-state index contributed by atoms with van der Waals surface area (Å²) in [4.78, 5) is 16.2. The Morgan fingerprint density at radius 1 is 1.25 bits per heavy atom. The summed E-state index contributed by atoms with van der Waals surface area (Å²) in [6, 6.07) is 8.86. The predicted molar refractivity (Wildman–Crippen MR) is 71.3 cm³/mol. The van der Waals surface area contributed by atoms with Gasteiger partial charge in [-0.25, -0.2) is 9.78 Å². The van der Waals surface area contributed by atoms with Gasteiger partial charge in [0.25, 0.3) is 0 Å². The molecule has 3 rings (SSSR count). The summed E-state index contributed by atoms with van der Waals surface area (Å²) in [6.45, 7) is 0.167. The number of pyridine rings is 1. The van der Waals surface area contributed by atoms with Crippen LogP contribution in [-0.2, 0) is 11.3 Å². The van der Waals surface area contributed by atoms with E-state index < -0.39 is 5.97 Å². The minimum atomic E-state index is -0.393. The standard InChI is InChI=1S/C14H12N4O2/c19-14(20-10-12-4-6-16-17-12)11-3-5-15-13(9-11)18-7-1-2-8-18/h1-9H,10H2,(H,16,17). The van der Waals surface area contributed by atoms with Crippen molar-refractivity contribution in [3.05, 3.63) is 66.4 Å². The van der Waals surface area contributed by atoms with Crippen molar-refractivity contribution in [1.29, 1.82) is 0 Å². The third kappa shape index (κ3) is 2.59. The van der Waals surface area contributed by atoms with E-state index in [2.05, 4.69) is 15.2 Å². The number of hydrogen-bond donors (Lipinski definition) is 1. The molecule has 0 fully saturated rings. The molecule has 3 aromatic rings. The maximum atomic E-state index is 12.0. The van der Waals surface area contributed by atoms with E-state index in [1.807, 2.05) is 29.1 Å². The topological polar surface area (TPSA) is 72.8 Å². The number of carbonyl (C=O) groups is 1. The van der Waals surface area contributed by atoms with Crippen molar-refractivity contribution in [2.24, 2.45) is 0 Å². The van der Waals surface area contributed by atoms with Crippen LogP contribution in [0.5, 0.6) is 0 Å². The number of esters is 1. The molecule has 6 heteroatoms. The minimum absolute atomic E-state index is 0.167. The van der Waals surface area contributed by atoms with Gasteiger partial charge < -0.3 is 9.30 Å². The molecule has 1 N–H and O–H groups in total. The molecular formula is C14H12N4O2. The van der Waals surface area contributed by atoms with E-state index in [1.165, 1.54) is 0 Å². The van der Waals surface area contributed by atoms with E-state index in [-0.39, 0.29) is 6.61 Å². The smallest absolute Gasteiger partial charge is 0.338 e. The minimum Gasteiger partial charge on any atom is -0.456 e. The van der Waals surface area contributed by atoms with Crippen molar-refractivity contribution in [2.45, 2.75) is 6.61 Å². The van der Waals surface area contributed by atoms with Gasteiger partial charge >= 0.3 is 5.97 Å². The van der Waals surface area contributed by atoms with E-state index in [9.17, 15) is 4.79 Å². The molecule has 0 unspecified atom stereocenters. The average Bonchev–Trinajstić information content (AvgIpc) is 3.18. The van der Waals surface area contributed by atoms with E-state index in [1.54, 1.807) is 30.6 Å². The molecule has 0 spiro atoms. The Morgan fingerprint density at radius 2 is 2.10 bits per heavy atom. The molecule has 0 saturated heterocycles. The molecular weight excluding hydrogens is 256 g/mol. The maximum absolute atomic E-state index is 12.0. The van der Waals surface area contributed by atoms with Gasteiger partial charge in [-0.1, -0.05) is 0 Å². The van der Waals surface area contributed by atoms with E-state index >= 15 is 0 Å². The number of hydrogen-bond acceptors (Lipinski definition) is 4. The zero-order valence-electron chi connectivity index (χ0n) is 10.6. The normalized spacial score (nSPS) is 10.4. The molecule has 0 bridgehead atoms. The van der Waals surface area contributed by atoms with Crippen LogP contribution >= 0.6 is 0 Å². The van der Waals surface area contributed by atoms with Gasteiger partial charge in [-0.3, -0.25) is 5.10 Å². The van der Waals surface area contributed by atoms with Gasteiger partial charge in [0.1, 0.15) is 12.4 Å². The summed E-state index contributed by atoms with van der Waals surface area (Å²) < 4.78 is 7.02. The first-order valence-corrected chi connectivity index (χ1v) is 6.08. The largest absolute Gasteiger partial charge is 0.456 e. The highest BCUT2D eigenvalue weighted by molar-refractivity contribution is 5.89. The highest BCUT2D eigenvalue weighted by Gasteiger charge is 2.09. The average molecular weight is 268 g/mol. The van der Waals surface area contributed by atoms with Gasteiger partial charge in [0.15, 0.2) is 0 Å². The summed E-state index contributed by atoms with van der Waals surface area (Å²) in [7, 11) is 0. The van der Waals surface area contributed by atoms with Crippen LogP contribution in [-0.4, -0.2) is 25.7 Å². The Morgan fingerprint density at radius 3 is 2.85 bits per heavy atom. The van der Waals surface area contributed by atoms with Crippen molar-refractivity contribution in [2.75, 3.05) is 0 Å². The molecule has 100 valence electrons. The highest BCUT2D eigenvalue weighted by atomic mass is 16.5. The van der Waals surface area contributed by atoms with Gasteiger partial charge in [0, 0.05) is 24.8 Å². The third-order valence-corrected chi connectivity index (χ3v) is 2.77. The predicted octanol–water partition coefficient (Wildman–Crippen LogP) is 1.95. The fraction of sp³-hybridized carbons (Fsp3) is 0.0714. The summed E-state index contributed by atoms with van der Waals surface area (Å²) in [6.07, 6.45) is 6.92. The van der Waals surface area contributed by atoms with Crippen molar-refractivity contribution < 1.29 is 9.53 Å². The Hall–Kier alpha value is -2.89. The van der Waals surface area contributed by atoms with Crippen LogP contribution in [0.15, 0.2) is 55.1 Å². The molecule has 3 heterocycles. The molecule has 0 saturated carbocycles. The lowest BCUT2D eigenvalue weighted by atomic mass is 10.2. The van der Waals surface area contributed by atoms with Crippen molar-refractivity contribution in [3.63, 3.8) is 0 Å². The number of aromatic nitrogens is 4. The number of H-pyrrole nitrogens is 1. The van der Waals surface area contributed by atoms with Crippen LogP contribution in [0.2, 0.25) is 0 Å². The Labute approximate surface area is 115 Å². The monoisotopic (exact) mass is 268 g/mol. The first-order valence-electron chi connectivity index (χ1n) is 6.08. The summed E-state index contributed by atoms with van der Waals surface area (Å²) in [5.74, 6) is 0.279. The van der Waals surface area contributed by atoms with Crippen LogP contribution < -0.4 is 0 Å². The van der Waals surface area contributed by atoms with E-state index in [0.717, 1.165) is 5.69 Å². The van der Waals surface area contributed by atoms with E-state index in [0.29, 0.717) is 11.4 Å². The Kier molecular flexibility index (Phi) is 3.28. The molecule has 0 radical (unpaired) electrons. The second-order valence-electron chi connectivity index (χ2n) is 4.15. The molecule has 0 aliphatic rings. The number of nitrogens with zero attached hydrogens (tertiary/aromatic N) is 3. The van der Waals surface area contributed by atoms with Crippen LogP contribution in [0.1, 0.15) is 16.1 Å². The Balaban J connectivity index is 1.73. The van der Waals surface area contributed by atoms with Gasteiger partial charge in [-0.2, -0.15) is 5.10 Å². The fourth-order valence-corrected chi connectivity index (χ4v) is 1.77. The van der Waals surface area contributed by atoms with Crippen LogP contribution in [0.3, 0.4) is 0 Å². The zero-order chi connectivity index (χ0) is 13.8. The molecule has 20 heavy (non-hydrogen) atoms. The SMILES string of the molecule is O=C(OCc1ccn[nH]1)c1ccnc(-n2cccc2)c1. The quantitative estimate of drug-likeness (QED) is 0.734. The maximum Gasteiger partial charge on any atom is 0.338 e. The number of rotatable bonds is 4. The second kappa shape index (κ2) is 5.40. The van der Waals surface area contributed by atoms with Gasteiger partial charge in [0.2, 0.25) is 0 Å². The number of aromatic amines is 1. The van der Waals surface area contributed by atoms with Gasteiger partial charge in [0.05, 0.1) is 11.3 Å². The molecule has 0 atom stereocenters. The molecule has 0 aliphatic carbocycles. The van der Waals surface area contributed by atoms with Crippen molar-refractivity contribution in [3.8, 4) is 5.82 Å². The van der Waals surface area contributed by atoms with Gasteiger partial charge in [-0.15, -0.1) is 0 Å². The molecule has 0 aromatic carbocycles. The number of ether oxygens (including phenoxy) is 1. The summed E-state index contributed by atoms with van der Waals surface area (Å²) in [5, 5.41) is 6.53. The first kappa shape index (κ1) is 12.2. The fourth-order valence-electron chi connectivity index (χ4n) is 1.77. The lowest BCUT2D eigenvalue weighted by Gasteiger charge is -2.06. The van der Waals surface area contributed by atoms with Crippen LogP contribution in [0.4, 0.5) is 0 Å². The zero-order valence-corrected chi connectivity index (χ0v) is 10.6. The van der Waals surface area contributed by atoms with Crippen LogP contribution in [0, 0.1) is 0 Å². The van der Waals surface area contributed by atoms with Gasteiger partial charge in [-0.05, 0) is 30.3 Å². The van der Waals surface area contributed by atoms with Crippen LogP contribution in [0.25, 0.3) is 5.82 Å². The summed E-state index contributed by atoms with van der Waals surface area (Å²) in [5.41, 5.74) is 1.21. The molecule has 6 nitrogen and oxygen atoms in total.